The number of hydrogen-bond acceptors (Lipinski definition) is 3. The molecule has 2 atom stereocenters. The van der Waals surface area contributed by atoms with Gasteiger partial charge >= 0.3 is 0 Å². The van der Waals surface area contributed by atoms with E-state index in [1.165, 1.54) is 38.6 Å². The second-order valence-electron chi connectivity index (χ2n) is 6.42. The first kappa shape index (κ1) is 12.4. The van der Waals surface area contributed by atoms with Gasteiger partial charge in [-0.25, -0.2) is 0 Å². The summed E-state index contributed by atoms with van der Waals surface area (Å²) in [7, 11) is 0. The summed E-state index contributed by atoms with van der Waals surface area (Å²) in [6, 6.07) is 0.664. The predicted octanol–water partition coefficient (Wildman–Crippen LogP) is 0.811. The first-order chi connectivity index (χ1) is 8.62. The molecule has 2 heterocycles. The zero-order valence-electron chi connectivity index (χ0n) is 11.4. The fourth-order valence-electron chi connectivity index (χ4n) is 4.00. The molecule has 18 heavy (non-hydrogen) atoms. The van der Waals surface area contributed by atoms with Crippen molar-refractivity contribution in [1.29, 1.82) is 0 Å². The molecule has 1 saturated carbocycles. The molecule has 2 aliphatic heterocycles. The number of nitrogens with two attached hydrogens (primary N) is 1. The maximum absolute atomic E-state index is 12.0. The van der Waals surface area contributed by atoms with E-state index in [9.17, 15) is 4.79 Å². The second-order valence-corrected chi connectivity index (χ2v) is 6.42. The van der Waals surface area contributed by atoms with Gasteiger partial charge in [-0.2, -0.15) is 0 Å². The summed E-state index contributed by atoms with van der Waals surface area (Å²) >= 11 is 0. The third-order valence-electron chi connectivity index (χ3n) is 5.64. The van der Waals surface area contributed by atoms with Crippen LogP contribution in [0.25, 0.3) is 0 Å². The van der Waals surface area contributed by atoms with Crippen LogP contribution in [0.4, 0.5) is 0 Å². The van der Waals surface area contributed by atoms with E-state index in [4.69, 9.17) is 5.73 Å². The lowest BCUT2D eigenvalue weighted by atomic mass is 9.70. The summed E-state index contributed by atoms with van der Waals surface area (Å²) in [5.41, 5.74) is 5.36. The Morgan fingerprint density at radius 1 is 1.17 bits per heavy atom. The van der Waals surface area contributed by atoms with Crippen molar-refractivity contribution in [3.63, 3.8) is 0 Å². The predicted molar refractivity (Wildman–Crippen MR) is 71.1 cm³/mol. The van der Waals surface area contributed by atoms with Gasteiger partial charge in [0.1, 0.15) is 5.54 Å². The zero-order valence-corrected chi connectivity index (χ0v) is 11.4. The lowest BCUT2D eigenvalue weighted by molar-refractivity contribution is -0.138. The van der Waals surface area contributed by atoms with Crippen molar-refractivity contribution >= 4 is 5.91 Å². The number of amides is 1. The molecular formula is C14H25N3O. The minimum absolute atomic E-state index is 0.112. The average molecular weight is 251 g/mol. The second kappa shape index (κ2) is 4.49. The van der Waals surface area contributed by atoms with E-state index in [1.807, 2.05) is 0 Å². The van der Waals surface area contributed by atoms with Crippen LogP contribution in [0.5, 0.6) is 0 Å². The van der Waals surface area contributed by atoms with Crippen molar-refractivity contribution in [2.75, 3.05) is 26.2 Å². The van der Waals surface area contributed by atoms with Crippen LogP contribution in [-0.4, -0.2) is 53.5 Å². The first-order valence-corrected chi connectivity index (χ1v) is 7.41. The molecular weight excluding hydrogens is 226 g/mol. The Morgan fingerprint density at radius 3 is 2.56 bits per heavy atom. The van der Waals surface area contributed by atoms with E-state index in [0.717, 1.165) is 19.6 Å². The normalized spacial score (nSPS) is 33.7. The Balaban J connectivity index is 1.76. The van der Waals surface area contributed by atoms with Gasteiger partial charge in [0.25, 0.3) is 0 Å². The number of primary amides is 1. The average Bonchev–Trinajstić information content (AvgIpc) is 2.72. The molecule has 0 bridgehead atoms. The van der Waals surface area contributed by atoms with Gasteiger partial charge in [0.05, 0.1) is 0 Å². The summed E-state index contributed by atoms with van der Waals surface area (Å²) in [5.74, 6) is 0.376. The van der Waals surface area contributed by atoms with Crippen molar-refractivity contribution < 1.29 is 4.79 Å². The molecule has 1 aliphatic carbocycles. The number of hydrogen-bond donors (Lipinski definition) is 1. The molecule has 102 valence electrons. The van der Waals surface area contributed by atoms with Crippen molar-refractivity contribution in [3.8, 4) is 0 Å². The highest BCUT2D eigenvalue weighted by Gasteiger charge is 2.49. The monoisotopic (exact) mass is 251 g/mol. The fourth-order valence-corrected chi connectivity index (χ4v) is 4.00. The molecule has 0 aromatic carbocycles. The van der Waals surface area contributed by atoms with Gasteiger partial charge in [0, 0.05) is 25.7 Å². The third kappa shape index (κ3) is 1.77. The lowest BCUT2D eigenvalue weighted by Crippen LogP contribution is -2.66. The van der Waals surface area contributed by atoms with Crippen molar-refractivity contribution in [2.45, 2.75) is 50.6 Å². The van der Waals surface area contributed by atoms with E-state index < -0.39 is 5.54 Å². The van der Waals surface area contributed by atoms with Crippen LogP contribution >= 0.6 is 0 Å². The Labute approximate surface area is 109 Å². The molecule has 0 aromatic rings. The molecule has 2 saturated heterocycles. The SMILES string of the molecule is CC(C(N)=O)(C1CCC1)N1CCN2CCC[C@@H]2C1. The summed E-state index contributed by atoms with van der Waals surface area (Å²) in [5, 5.41) is 0. The van der Waals surface area contributed by atoms with Gasteiger partial charge in [-0.15, -0.1) is 0 Å². The minimum atomic E-state index is -0.396. The Morgan fingerprint density at radius 2 is 1.94 bits per heavy atom. The van der Waals surface area contributed by atoms with E-state index >= 15 is 0 Å². The molecule has 0 radical (unpaired) electrons. The van der Waals surface area contributed by atoms with Crippen LogP contribution in [0.15, 0.2) is 0 Å². The highest BCUT2D eigenvalue weighted by atomic mass is 16.1. The Kier molecular flexibility index (Phi) is 3.10. The Hall–Kier alpha value is -0.610. The van der Waals surface area contributed by atoms with Crippen molar-refractivity contribution in [3.05, 3.63) is 0 Å². The van der Waals surface area contributed by atoms with E-state index in [2.05, 4.69) is 16.7 Å². The van der Waals surface area contributed by atoms with E-state index in [0.29, 0.717) is 12.0 Å². The van der Waals surface area contributed by atoms with Crippen LogP contribution in [0.2, 0.25) is 0 Å². The van der Waals surface area contributed by atoms with Crippen LogP contribution in [-0.2, 0) is 4.79 Å². The van der Waals surface area contributed by atoms with Crippen molar-refractivity contribution in [1.82, 2.24) is 9.80 Å². The quantitative estimate of drug-likeness (QED) is 0.807. The van der Waals surface area contributed by atoms with E-state index in [1.54, 1.807) is 0 Å². The largest absolute Gasteiger partial charge is 0.368 e. The van der Waals surface area contributed by atoms with Gasteiger partial charge < -0.3 is 5.73 Å². The molecule has 3 aliphatic rings. The topological polar surface area (TPSA) is 49.6 Å². The molecule has 3 fully saturated rings. The number of carbonyl (C=O) groups excluding carboxylic acids is 1. The number of fused-ring (bicyclic) bond motifs is 1. The third-order valence-corrected chi connectivity index (χ3v) is 5.64. The van der Waals surface area contributed by atoms with Crippen LogP contribution in [0.1, 0.15) is 39.0 Å². The van der Waals surface area contributed by atoms with Gasteiger partial charge in [0.15, 0.2) is 0 Å². The highest BCUT2D eigenvalue weighted by molar-refractivity contribution is 5.84. The fraction of sp³-hybridized carbons (Fsp3) is 0.929. The maximum atomic E-state index is 12.0. The minimum Gasteiger partial charge on any atom is -0.368 e. The van der Waals surface area contributed by atoms with Crippen molar-refractivity contribution in [2.24, 2.45) is 11.7 Å². The number of piperazine rings is 1. The molecule has 0 aromatic heterocycles. The molecule has 4 heteroatoms. The standard InChI is InChI=1S/C14H25N3O/c1-14(13(15)18,11-4-2-5-11)17-9-8-16-7-3-6-12(16)10-17/h11-12H,2-10H2,1H3,(H2,15,18)/t12-,14?/m1/s1. The van der Waals surface area contributed by atoms with Crippen LogP contribution in [0.3, 0.4) is 0 Å². The van der Waals surface area contributed by atoms with Gasteiger partial charge in [0.2, 0.25) is 5.91 Å². The molecule has 1 unspecified atom stereocenters. The summed E-state index contributed by atoms with van der Waals surface area (Å²) in [6.07, 6.45) is 6.21. The molecule has 1 amide bonds. The highest BCUT2D eigenvalue weighted by Crippen LogP contribution is 2.41. The van der Waals surface area contributed by atoms with E-state index in [-0.39, 0.29) is 5.91 Å². The summed E-state index contributed by atoms with van der Waals surface area (Å²) in [4.78, 5) is 17.0. The molecule has 3 rings (SSSR count). The van der Waals surface area contributed by atoms with Gasteiger partial charge in [-0.1, -0.05) is 6.42 Å². The van der Waals surface area contributed by atoms with Gasteiger partial charge in [-0.05, 0) is 45.1 Å². The molecule has 0 spiro atoms. The molecule has 2 N–H and O–H groups in total. The maximum Gasteiger partial charge on any atom is 0.237 e. The van der Waals surface area contributed by atoms with Crippen LogP contribution < -0.4 is 5.73 Å². The number of carbonyl (C=O) groups is 1. The molecule has 4 nitrogen and oxygen atoms in total. The summed E-state index contributed by atoms with van der Waals surface area (Å²) in [6.45, 7) is 6.49. The smallest absolute Gasteiger partial charge is 0.237 e. The van der Waals surface area contributed by atoms with Gasteiger partial charge in [-0.3, -0.25) is 14.6 Å². The first-order valence-electron chi connectivity index (χ1n) is 7.41. The number of rotatable bonds is 3. The number of nitrogens with zero attached hydrogens (tertiary/aromatic N) is 2. The van der Waals surface area contributed by atoms with Crippen LogP contribution in [0, 0.1) is 5.92 Å². The Bertz CT molecular complexity index is 342. The lowest BCUT2D eigenvalue weighted by Gasteiger charge is -2.51. The summed E-state index contributed by atoms with van der Waals surface area (Å²) < 4.78 is 0. The zero-order chi connectivity index (χ0) is 12.8.